The van der Waals surface area contributed by atoms with Gasteiger partial charge < -0.3 is 15.0 Å². The predicted octanol–water partition coefficient (Wildman–Crippen LogP) is 3.80. The molecule has 1 unspecified atom stereocenters. The number of benzene rings is 1. The van der Waals surface area contributed by atoms with Gasteiger partial charge in [0.25, 0.3) is 0 Å². The molecule has 0 aliphatic carbocycles. The summed E-state index contributed by atoms with van der Waals surface area (Å²) in [5.41, 5.74) is 0.456. The lowest BCUT2D eigenvalue weighted by Gasteiger charge is -2.31. The van der Waals surface area contributed by atoms with Crippen molar-refractivity contribution in [3.63, 3.8) is 0 Å². The summed E-state index contributed by atoms with van der Waals surface area (Å²) in [5.74, 6) is -0.518. The maximum atomic E-state index is 12.3. The van der Waals surface area contributed by atoms with Crippen molar-refractivity contribution in [3.8, 4) is 0 Å². The molecule has 0 aromatic heterocycles. The predicted molar refractivity (Wildman–Crippen MR) is 86.4 cm³/mol. The average molecular weight is 345 g/mol. The second kappa shape index (κ2) is 7.70. The normalized spacial score (nSPS) is 18.0. The summed E-state index contributed by atoms with van der Waals surface area (Å²) in [5, 5.41) is 3.41. The molecule has 1 aromatic rings. The molecule has 5 nitrogen and oxygen atoms in total. The van der Waals surface area contributed by atoms with E-state index >= 15 is 0 Å². The summed E-state index contributed by atoms with van der Waals surface area (Å²) in [6.07, 6.45) is 1.50. The van der Waals surface area contributed by atoms with E-state index in [1.54, 1.807) is 30.0 Å². The molecule has 2 amide bonds. The van der Waals surface area contributed by atoms with Gasteiger partial charge >= 0.3 is 12.0 Å². The van der Waals surface area contributed by atoms with Crippen LogP contribution in [-0.4, -0.2) is 36.6 Å². The Morgan fingerprint density at radius 3 is 2.91 bits per heavy atom. The Morgan fingerprint density at radius 2 is 2.18 bits per heavy atom. The first-order chi connectivity index (χ1) is 10.5. The minimum atomic E-state index is -0.293. The van der Waals surface area contributed by atoms with E-state index in [2.05, 4.69) is 5.32 Å². The summed E-state index contributed by atoms with van der Waals surface area (Å²) in [6, 6.07) is 4.75. The molecule has 7 heteroatoms. The van der Waals surface area contributed by atoms with Gasteiger partial charge in [0.2, 0.25) is 0 Å². The molecule has 0 radical (unpaired) electrons. The Hall–Kier alpha value is -1.46. The standard InChI is InChI=1S/C15H18Cl2N2O3/c1-2-22-14(20)10-5-4-8-19(9-10)15(21)18-12-7-3-6-11(16)13(12)17/h3,6-7,10H,2,4-5,8-9H2,1H3,(H,18,21). The smallest absolute Gasteiger partial charge is 0.321 e. The third kappa shape index (κ3) is 4.05. The number of likely N-dealkylation sites (tertiary alicyclic amines) is 1. The third-order valence-corrected chi connectivity index (χ3v) is 4.34. The molecule has 0 bridgehead atoms. The second-order valence-corrected chi connectivity index (χ2v) is 5.85. The number of esters is 1. The van der Waals surface area contributed by atoms with Gasteiger partial charge in [-0.2, -0.15) is 0 Å². The van der Waals surface area contributed by atoms with E-state index in [0.717, 1.165) is 12.8 Å². The molecule has 0 spiro atoms. The van der Waals surface area contributed by atoms with Crippen molar-refractivity contribution in [2.45, 2.75) is 19.8 Å². The molecule has 1 heterocycles. The number of nitrogens with zero attached hydrogens (tertiary/aromatic N) is 1. The molecule has 1 fully saturated rings. The molecule has 1 aromatic carbocycles. The number of halogens is 2. The van der Waals surface area contributed by atoms with Crippen LogP contribution in [0, 0.1) is 5.92 Å². The zero-order valence-corrected chi connectivity index (χ0v) is 13.8. The highest BCUT2D eigenvalue weighted by Gasteiger charge is 2.29. The van der Waals surface area contributed by atoms with Crippen molar-refractivity contribution in [1.82, 2.24) is 4.90 Å². The molecule has 22 heavy (non-hydrogen) atoms. The largest absolute Gasteiger partial charge is 0.466 e. The van der Waals surface area contributed by atoms with E-state index in [4.69, 9.17) is 27.9 Å². The number of piperidine rings is 1. The van der Waals surface area contributed by atoms with Gasteiger partial charge in [-0.3, -0.25) is 4.79 Å². The van der Waals surface area contributed by atoms with Crippen LogP contribution < -0.4 is 5.32 Å². The first-order valence-corrected chi connectivity index (χ1v) is 7.95. The zero-order valence-electron chi connectivity index (χ0n) is 12.3. The quantitative estimate of drug-likeness (QED) is 0.848. The van der Waals surface area contributed by atoms with Crippen molar-refractivity contribution in [3.05, 3.63) is 28.2 Å². The highest BCUT2D eigenvalue weighted by Crippen LogP contribution is 2.30. The Labute approximate surface area is 139 Å². The van der Waals surface area contributed by atoms with E-state index in [-0.39, 0.29) is 17.9 Å². The summed E-state index contributed by atoms with van der Waals surface area (Å²) >= 11 is 12.0. The van der Waals surface area contributed by atoms with Crippen LogP contribution >= 0.6 is 23.2 Å². The topological polar surface area (TPSA) is 58.6 Å². The van der Waals surface area contributed by atoms with Gasteiger partial charge in [0.1, 0.15) is 0 Å². The van der Waals surface area contributed by atoms with E-state index < -0.39 is 0 Å². The van der Waals surface area contributed by atoms with Crippen LogP contribution in [0.25, 0.3) is 0 Å². The minimum absolute atomic E-state index is 0.249. The van der Waals surface area contributed by atoms with E-state index in [0.29, 0.717) is 35.4 Å². The van der Waals surface area contributed by atoms with E-state index in [1.807, 2.05) is 0 Å². The number of anilines is 1. The van der Waals surface area contributed by atoms with Gasteiger partial charge in [0, 0.05) is 13.1 Å². The summed E-state index contributed by atoms with van der Waals surface area (Å²) < 4.78 is 5.03. The average Bonchev–Trinajstić information content (AvgIpc) is 2.52. The fraction of sp³-hybridized carbons (Fsp3) is 0.467. The number of urea groups is 1. The molecule has 120 valence electrons. The number of ether oxygens (including phenoxy) is 1. The van der Waals surface area contributed by atoms with Crippen molar-refractivity contribution < 1.29 is 14.3 Å². The van der Waals surface area contributed by atoms with Crippen LogP contribution in [0.1, 0.15) is 19.8 Å². The number of hydrogen-bond acceptors (Lipinski definition) is 3. The van der Waals surface area contributed by atoms with Crippen LogP contribution in [0.3, 0.4) is 0 Å². The van der Waals surface area contributed by atoms with Crippen molar-refractivity contribution in [1.29, 1.82) is 0 Å². The molecule has 2 rings (SSSR count). The summed E-state index contributed by atoms with van der Waals surface area (Å²) in [6.45, 7) is 3.06. The van der Waals surface area contributed by atoms with Gasteiger partial charge in [0.05, 0.1) is 28.3 Å². The van der Waals surface area contributed by atoms with Gasteiger partial charge in [-0.05, 0) is 31.9 Å². The molecule has 1 atom stereocenters. The van der Waals surface area contributed by atoms with Gasteiger partial charge in [-0.1, -0.05) is 29.3 Å². The van der Waals surface area contributed by atoms with E-state index in [9.17, 15) is 9.59 Å². The fourth-order valence-corrected chi connectivity index (χ4v) is 2.76. The second-order valence-electron chi connectivity index (χ2n) is 5.07. The number of carbonyl (C=O) groups is 2. The van der Waals surface area contributed by atoms with Crippen LogP contribution in [-0.2, 0) is 9.53 Å². The molecule has 1 N–H and O–H groups in total. The summed E-state index contributed by atoms with van der Waals surface area (Å²) in [7, 11) is 0. The lowest BCUT2D eigenvalue weighted by atomic mass is 9.98. The number of nitrogens with one attached hydrogen (secondary N) is 1. The monoisotopic (exact) mass is 344 g/mol. The minimum Gasteiger partial charge on any atom is -0.466 e. The highest BCUT2D eigenvalue weighted by atomic mass is 35.5. The Bertz CT molecular complexity index is 566. The van der Waals surface area contributed by atoms with Crippen LogP contribution in [0.4, 0.5) is 10.5 Å². The number of hydrogen-bond donors (Lipinski definition) is 1. The van der Waals surface area contributed by atoms with Crippen molar-refractivity contribution in [2.24, 2.45) is 5.92 Å². The first kappa shape index (κ1) is 16.9. The number of amides is 2. The van der Waals surface area contributed by atoms with Crippen LogP contribution in [0.2, 0.25) is 10.0 Å². The van der Waals surface area contributed by atoms with Crippen molar-refractivity contribution >= 4 is 40.9 Å². The van der Waals surface area contributed by atoms with Gasteiger partial charge in [-0.25, -0.2) is 4.79 Å². The van der Waals surface area contributed by atoms with Gasteiger partial charge in [0.15, 0.2) is 0 Å². The highest BCUT2D eigenvalue weighted by molar-refractivity contribution is 6.43. The van der Waals surface area contributed by atoms with Crippen LogP contribution in [0.15, 0.2) is 18.2 Å². The SMILES string of the molecule is CCOC(=O)C1CCCN(C(=O)Nc2cccc(Cl)c2Cl)C1. The molecular weight excluding hydrogens is 327 g/mol. The summed E-state index contributed by atoms with van der Waals surface area (Å²) in [4.78, 5) is 25.7. The molecule has 1 saturated heterocycles. The van der Waals surface area contributed by atoms with E-state index in [1.165, 1.54) is 0 Å². The van der Waals surface area contributed by atoms with Crippen LogP contribution in [0.5, 0.6) is 0 Å². The molecule has 0 saturated carbocycles. The van der Waals surface area contributed by atoms with Gasteiger partial charge in [-0.15, -0.1) is 0 Å². The maximum absolute atomic E-state index is 12.3. The Balaban J connectivity index is 2.00. The third-order valence-electron chi connectivity index (χ3n) is 3.52. The molecular formula is C15H18Cl2N2O3. The molecule has 1 aliphatic heterocycles. The number of carbonyl (C=O) groups excluding carboxylic acids is 2. The molecule has 1 aliphatic rings. The zero-order chi connectivity index (χ0) is 16.1. The Kier molecular flexibility index (Phi) is 5.91. The maximum Gasteiger partial charge on any atom is 0.321 e. The lowest BCUT2D eigenvalue weighted by Crippen LogP contribution is -2.44. The first-order valence-electron chi connectivity index (χ1n) is 7.19. The number of rotatable bonds is 3. The van der Waals surface area contributed by atoms with Crippen molar-refractivity contribution in [2.75, 3.05) is 25.0 Å². The fourth-order valence-electron chi connectivity index (χ4n) is 2.41. The lowest BCUT2D eigenvalue weighted by molar-refractivity contribution is -0.149. The Morgan fingerprint density at radius 1 is 1.41 bits per heavy atom.